The molecule has 1 aromatic rings. The Morgan fingerprint density at radius 1 is 1.53 bits per heavy atom. The zero-order chi connectivity index (χ0) is 10.9. The highest BCUT2D eigenvalue weighted by Gasteiger charge is 1.99. The lowest BCUT2D eigenvalue weighted by Gasteiger charge is -2.04. The highest BCUT2D eigenvalue weighted by Crippen LogP contribution is 2.11. The zero-order valence-electron chi connectivity index (χ0n) is 9.27. The van der Waals surface area contributed by atoms with Gasteiger partial charge in [-0.2, -0.15) is 0 Å². The van der Waals surface area contributed by atoms with E-state index >= 15 is 0 Å². The second-order valence-electron chi connectivity index (χ2n) is 3.02. The average Bonchev–Trinajstić information content (AvgIpc) is 2.63. The average molecular weight is 230 g/mol. The third-order valence-electron chi connectivity index (χ3n) is 1.81. The first kappa shape index (κ1) is 12.5. The summed E-state index contributed by atoms with van der Waals surface area (Å²) in [5, 5.41) is 12.1. The van der Waals surface area contributed by atoms with Crippen molar-refractivity contribution >= 4 is 11.8 Å². The van der Waals surface area contributed by atoms with Crippen molar-refractivity contribution < 1.29 is 4.74 Å². The molecule has 0 saturated carbocycles. The molecule has 1 heterocycles. The first-order valence-electron chi connectivity index (χ1n) is 5.10. The Kier molecular flexibility index (Phi) is 6.38. The highest BCUT2D eigenvalue weighted by molar-refractivity contribution is 7.99. The Morgan fingerprint density at radius 2 is 2.40 bits per heavy atom. The van der Waals surface area contributed by atoms with E-state index in [-0.39, 0.29) is 0 Å². The Bertz CT molecular complexity index is 266. The Morgan fingerprint density at radius 3 is 3.07 bits per heavy atom. The monoisotopic (exact) mass is 230 g/mol. The van der Waals surface area contributed by atoms with Crippen molar-refractivity contribution in [1.29, 1.82) is 0 Å². The van der Waals surface area contributed by atoms with Crippen LogP contribution in [0.15, 0.2) is 11.5 Å². The van der Waals surface area contributed by atoms with E-state index < -0.39 is 0 Å². The van der Waals surface area contributed by atoms with Crippen LogP contribution in [0, 0.1) is 0 Å². The molecule has 0 atom stereocenters. The maximum absolute atomic E-state index is 5.21. The van der Waals surface area contributed by atoms with Crippen LogP contribution in [-0.2, 0) is 11.8 Å². The van der Waals surface area contributed by atoms with Crippen molar-refractivity contribution in [1.82, 2.24) is 20.1 Å². The fourth-order valence-corrected chi connectivity index (χ4v) is 1.82. The summed E-state index contributed by atoms with van der Waals surface area (Å²) in [6, 6.07) is 0. The largest absolute Gasteiger partial charge is 0.380 e. The lowest BCUT2D eigenvalue weighted by Crippen LogP contribution is -2.22. The number of thioether (sulfide) groups is 1. The topological polar surface area (TPSA) is 52.0 Å². The Labute approximate surface area is 94.6 Å². The molecule has 5 nitrogen and oxygen atoms in total. The summed E-state index contributed by atoms with van der Waals surface area (Å²) in [7, 11) is 1.95. The summed E-state index contributed by atoms with van der Waals surface area (Å²) in [6.07, 6.45) is 1.71. The molecule has 0 fully saturated rings. The number of nitrogens with one attached hydrogen (secondary N) is 1. The SMILES string of the molecule is CCOCCNCCSc1nncn1C. The van der Waals surface area contributed by atoms with E-state index in [0.717, 1.165) is 37.2 Å². The molecule has 0 bridgehead atoms. The maximum atomic E-state index is 5.21. The van der Waals surface area contributed by atoms with E-state index in [4.69, 9.17) is 4.74 Å². The van der Waals surface area contributed by atoms with Gasteiger partial charge in [0.1, 0.15) is 6.33 Å². The minimum Gasteiger partial charge on any atom is -0.380 e. The summed E-state index contributed by atoms with van der Waals surface area (Å²) in [5.41, 5.74) is 0. The lowest BCUT2D eigenvalue weighted by molar-refractivity contribution is 0.150. The molecule has 0 unspecified atom stereocenters. The molecule has 15 heavy (non-hydrogen) atoms. The maximum Gasteiger partial charge on any atom is 0.190 e. The van der Waals surface area contributed by atoms with Crippen molar-refractivity contribution in [2.75, 3.05) is 32.1 Å². The zero-order valence-corrected chi connectivity index (χ0v) is 10.1. The van der Waals surface area contributed by atoms with Crippen LogP contribution in [0.4, 0.5) is 0 Å². The smallest absolute Gasteiger partial charge is 0.190 e. The molecule has 86 valence electrons. The number of aromatic nitrogens is 3. The highest BCUT2D eigenvalue weighted by atomic mass is 32.2. The van der Waals surface area contributed by atoms with Crippen LogP contribution in [0.5, 0.6) is 0 Å². The molecule has 1 aromatic heterocycles. The quantitative estimate of drug-likeness (QED) is 0.521. The van der Waals surface area contributed by atoms with Crippen LogP contribution in [0.3, 0.4) is 0 Å². The fraction of sp³-hybridized carbons (Fsp3) is 0.778. The van der Waals surface area contributed by atoms with Crippen LogP contribution in [0.25, 0.3) is 0 Å². The van der Waals surface area contributed by atoms with Gasteiger partial charge in [0.2, 0.25) is 0 Å². The van der Waals surface area contributed by atoms with Gasteiger partial charge in [-0.1, -0.05) is 11.8 Å². The van der Waals surface area contributed by atoms with Crippen LogP contribution < -0.4 is 5.32 Å². The minimum atomic E-state index is 0.783. The molecule has 0 saturated heterocycles. The van der Waals surface area contributed by atoms with Gasteiger partial charge in [-0.25, -0.2) is 0 Å². The predicted molar refractivity (Wildman–Crippen MR) is 61.1 cm³/mol. The Balaban J connectivity index is 1.96. The van der Waals surface area contributed by atoms with Gasteiger partial charge in [-0.15, -0.1) is 10.2 Å². The number of nitrogens with zero attached hydrogens (tertiary/aromatic N) is 3. The third kappa shape index (κ3) is 5.15. The van der Waals surface area contributed by atoms with Gasteiger partial charge in [0.15, 0.2) is 5.16 Å². The van der Waals surface area contributed by atoms with E-state index in [1.165, 1.54) is 0 Å². The second kappa shape index (κ2) is 7.67. The Hall–Kier alpha value is -0.590. The summed E-state index contributed by atoms with van der Waals surface area (Å²) in [4.78, 5) is 0. The van der Waals surface area contributed by atoms with Gasteiger partial charge >= 0.3 is 0 Å². The van der Waals surface area contributed by atoms with Gasteiger partial charge in [-0.3, -0.25) is 0 Å². The van der Waals surface area contributed by atoms with E-state index in [1.807, 2.05) is 18.5 Å². The van der Waals surface area contributed by atoms with Crippen molar-refractivity contribution in [3.63, 3.8) is 0 Å². The van der Waals surface area contributed by atoms with Crippen molar-refractivity contribution in [3.8, 4) is 0 Å². The van der Waals surface area contributed by atoms with Gasteiger partial charge in [0.05, 0.1) is 6.61 Å². The molecule has 0 aliphatic heterocycles. The van der Waals surface area contributed by atoms with Gasteiger partial charge in [0, 0.05) is 32.5 Å². The number of ether oxygens (including phenoxy) is 1. The van der Waals surface area contributed by atoms with Crippen LogP contribution in [0.2, 0.25) is 0 Å². The normalized spacial score (nSPS) is 10.8. The van der Waals surface area contributed by atoms with E-state index in [9.17, 15) is 0 Å². The van der Waals surface area contributed by atoms with Crippen molar-refractivity contribution in [2.24, 2.45) is 7.05 Å². The summed E-state index contributed by atoms with van der Waals surface area (Å²) in [5.74, 6) is 0.999. The van der Waals surface area contributed by atoms with Gasteiger partial charge in [0.25, 0.3) is 0 Å². The third-order valence-corrected chi connectivity index (χ3v) is 2.84. The molecule has 0 aliphatic rings. The summed E-state index contributed by atoms with van der Waals surface area (Å²) < 4.78 is 7.13. The summed E-state index contributed by atoms with van der Waals surface area (Å²) in [6.45, 7) is 5.45. The van der Waals surface area contributed by atoms with Crippen LogP contribution in [0.1, 0.15) is 6.92 Å². The molecule has 1 N–H and O–H groups in total. The molecule has 1 rings (SSSR count). The molecular formula is C9H18N4OS. The molecule has 0 aliphatic carbocycles. The number of aryl methyl sites for hydroxylation is 1. The molecule has 0 aromatic carbocycles. The summed E-state index contributed by atoms with van der Waals surface area (Å²) >= 11 is 1.70. The van der Waals surface area contributed by atoms with Crippen molar-refractivity contribution in [2.45, 2.75) is 12.1 Å². The van der Waals surface area contributed by atoms with Crippen LogP contribution in [-0.4, -0.2) is 46.8 Å². The molecule has 0 radical (unpaired) electrons. The second-order valence-corrected chi connectivity index (χ2v) is 4.08. The van der Waals surface area contributed by atoms with Gasteiger partial charge in [-0.05, 0) is 6.92 Å². The van der Waals surface area contributed by atoms with E-state index in [1.54, 1.807) is 18.1 Å². The first-order valence-corrected chi connectivity index (χ1v) is 6.08. The predicted octanol–water partition coefficient (Wildman–Crippen LogP) is 0.533. The number of hydrogen-bond acceptors (Lipinski definition) is 5. The molecular weight excluding hydrogens is 212 g/mol. The number of hydrogen-bond donors (Lipinski definition) is 1. The molecule has 6 heteroatoms. The standard InChI is InChI=1S/C9H18N4OS/c1-3-14-6-4-10-5-7-15-9-12-11-8-13(9)2/h8,10H,3-7H2,1-2H3. The van der Waals surface area contributed by atoms with Gasteiger partial charge < -0.3 is 14.6 Å². The number of rotatable bonds is 8. The fourth-order valence-electron chi connectivity index (χ4n) is 1.03. The van der Waals surface area contributed by atoms with E-state index in [0.29, 0.717) is 0 Å². The first-order chi connectivity index (χ1) is 7.34. The lowest BCUT2D eigenvalue weighted by atomic mass is 10.6. The molecule has 0 spiro atoms. The van der Waals surface area contributed by atoms with E-state index in [2.05, 4.69) is 15.5 Å². The molecule has 0 amide bonds. The van der Waals surface area contributed by atoms with Crippen molar-refractivity contribution in [3.05, 3.63) is 6.33 Å². The van der Waals surface area contributed by atoms with Crippen LogP contribution >= 0.6 is 11.8 Å². The minimum absolute atomic E-state index is 0.783.